The van der Waals surface area contributed by atoms with E-state index in [4.69, 9.17) is 23.8 Å². The van der Waals surface area contributed by atoms with Crippen molar-refractivity contribution in [2.75, 3.05) is 10.6 Å². The van der Waals surface area contributed by atoms with Gasteiger partial charge >= 0.3 is 103 Å². The second-order valence-electron chi connectivity index (χ2n) is 11.9. The minimum Gasteiger partial charge on any atom is -1.00 e. The summed E-state index contributed by atoms with van der Waals surface area (Å²) in [5, 5.41) is 34.9. The Morgan fingerprint density at radius 3 is 1.67 bits per heavy atom. The van der Waals surface area contributed by atoms with Crippen LogP contribution in [-0.4, -0.2) is 31.9 Å². The first-order valence-corrected chi connectivity index (χ1v) is 19.0. The number of pyridine rings is 2. The van der Waals surface area contributed by atoms with Gasteiger partial charge in [-0.15, -0.1) is 0 Å². The number of hydrogen-bond donors (Lipinski definition) is 3. The van der Waals surface area contributed by atoms with Crippen molar-refractivity contribution in [2.45, 2.75) is 38.6 Å². The molecule has 4 heterocycles. The van der Waals surface area contributed by atoms with Crippen molar-refractivity contribution in [3.05, 3.63) is 156 Å². The number of hydrogen-bond acceptors (Lipinski definition) is 13. The van der Waals surface area contributed by atoms with E-state index in [1.54, 1.807) is 43.0 Å². The minimum absolute atomic E-state index is 0. The number of halogens is 2. The SMILES string of the molecule is CCc1ccccc1CBr.CCc1ccccc1COc1cccc2onc(Nc3cccnc3)c12.O=CO[O-].Oc1cccc2onc(Nc3cccnc3)c12.[H-].[I-].[K+].[K+]. The Morgan fingerprint density at radius 2 is 1.18 bits per heavy atom. The Bertz CT molecular complexity index is 2430. The number of nitrogens with zero attached hydrogens (tertiary/aromatic N) is 4. The first kappa shape index (κ1) is 53.4. The molecule has 8 aromatic rings. The zero-order valence-electron chi connectivity index (χ0n) is 34.5. The van der Waals surface area contributed by atoms with Crippen LogP contribution in [0, 0.1) is 0 Å². The van der Waals surface area contributed by atoms with E-state index in [-0.39, 0.29) is 140 Å². The average molecular weight is 1040 g/mol. The maximum Gasteiger partial charge on any atom is 1.00 e. The summed E-state index contributed by atoms with van der Waals surface area (Å²) in [6.45, 7) is 4.65. The summed E-state index contributed by atoms with van der Waals surface area (Å²) in [6, 6.07) is 35.0. The van der Waals surface area contributed by atoms with E-state index in [2.05, 4.69) is 108 Å². The van der Waals surface area contributed by atoms with E-state index in [0.29, 0.717) is 34.8 Å². The Balaban J connectivity index is 0.000000460. The summed E-state index contributed by atoms with van der Waals surface area (Å²) >= 11 is 3.45. The van der Waals surface area contributed by atoms with Crippen LogP contribution in [0.15, 0.2) is 143 Å². The molecule has 0 aliphatic rings. The van der Waals surface area contributed by atoms with Crippen LogP contribution in [-0.2, 0) is 34.5 Å². The number of nitrogens with one attached hydrogen (secondary N) is 2. The molecule has 0 atom stereocenters. The van der Waals surface area contributed by atoms with Gasteiger partial charge in [-0.2, -0.15) is 0 Å². The van der Waals surface area contributed by atoms with Crippen LogP contribution in [0.1, 0.15) is 37.5 Å². The van der Waals surface area contributed by atoms with Gasteiger partial charge in [-0.05, 0) is 83.6 Å². The van der Waals surface area contributed by atoms with Gasteiger partial charge < -0.3 is 65.1 Å². The Labute approximate surface area is 459 Å². The molecule has 0 aliphatic heterocycles. The van der Waals surface area contributed by atoms with E-state index >= 15 is 0 Å². The number of phenolic OH excluding ortho intramolecular Hbond substituents is 1. The molecule has 60 heavy (non-hydrogen) atoms. The molecule has 0 radical (unpaired) electrons. The number of aryl methyl sites for hydroxylation is 2. The Morgan fingerprint density at radius 1 is 0.700 bits per heavy atom. The third kappa shape index (κ3) is 15.9. The molecular weight excluding hydrogens is 998 g/mol. The van der Waals surface area contributed by atoms with Gasteiger partial charge in [0.1, 0.15) is 28.9 Å². The number of phenols is 1. The molecule has 0 spiro atoms. The first-order chi connectivity index (χ1) is 28.0. The van der Waals surface area contributed by atoms with Crippen LogP contribution >= 0.6 is 15.9 Å². The van der Waals surface area contributed by atoms with Crippen molar-refractivity contribution in [3.8, 4) is 11.5 Å². The number of alkyl halides is 1. The maximum absolute atomic E-state index is 9.76. The van der Waals surface area contributed by atoms with Gasteiger partial charge in [-0.3, -0.25) is 14.8 Å². The Kier molecular flexibility index (Phi) is 26.3. The molecule has 0 unspecified atom stereocenters. The van der Waals surface area contributed by atoms with E-state index in [1.165, 1.54) is 22.3 Å². The second-order valence-corrected chi connectivity index (χ2v) is 12.5. The topological polar surface area (TPSA) is 181 Å². The first-order valence-electron chi connectivity index (χ1n) is 17.8. The maximum atomic E-state index is 9.76. The van der Waals surface area contributed by atoms with Crippen molar-refractivity contribution in [1.82, 2.24) is 20.3 Å². The summed E-state index contributed by atoms with van der Waals surface area (Å²) in [7, 11) is 0. The Hall–Kier alpha value is -2.77. The molecule has 0 saturated carbocycles. The summed E-state index contributed by atoms with van der Waals surface area (Å²) in [5.41, 5.74) is 8.17. The van der Waals surface area contributed by atoms with Crippen LogP contribution in [0.2, 0.25) is 0 Å². The number of carbonyl (C=O) groups is 1. The van der Waals surface area contributed by atoms with Gasteiger partial charge in [0.2, 0.25) is 0 Å². The summed E-state index contributed by atoms with van der Waals surface area (Å²) in [4.78, 5) is 19.3. The molecule has 8 rings (SSSR count). The molecule has 0 saturated heterocycles. The van der Waals surface area contributed by atoms with E-state index in [9.17, 15) is 5.11 Å². The third-order valence-corrected chi connectivity index (χ3v) is 8.95. The average Bonchev–Trinajstić information content (AvgIpc) is 3.89. The monoisotopic (exact) mass is 1040 g/mol. The molecule has 0 fully saturated rings. The number of ether oxygens (including phenoxy) is 1. The van der Waals surface area contributed by atoms with Gasteiger partial charge in [-0.1, -0.05) is 101 Å². The molecule has 0 bridgehead atoms. The number of aromatic nitrogens is 4. The molecule has 0 amide bonds. The normalized spacial score (nSPS) is 9.67. The molecule has 17 heteroatoms. The van der Waals surface area contributed by atoms with Crippen molar-refractivity contribution in [3.63, 3.8) is 0 Å². The summed E-state index contributed by atoms with van der Waals surface area (Å²) in [5.74, 6) is 1.97. The van der Waals surface area contributed by atoms with Gasteiger partial charge in [-0.25, -0.2) is 0 Å². The fraction of sp³-hybridized carbons (Fsp3) is 0.140. The number of rotatable bonds is 11. The smallest absolute Gasteiger partial charge is 1.00 e. The fourth-order valence-electron chi connectivity index (χ4n) is 5.60. The van der Waals surface area contributed by atoms with E-state index in [0.717, 1.165) is 40.7 Å². The zero-order valence-corrected chi connectivity index (χ0v) is 43.5. The van der Waals surface area contributed by atoms with Crippen LogP contribution in [0.5, 0.6) is 11.5 Å². The quantitative estimate of drug-likeness (QED) is 0.0408. The van der Waals surface area contributed by atoms with Crippen molar-refractivity contribution in [1.29, 1.82) is 0 Å². The van der Waals surface area contributed by atoms with Crippen molar-refractivity contribution >= 4 is 67.4 Å². The van der Waals surface area contributed by atoms with Gasteiger partial charge in [0.15, 0.2) is 22.8 Å². The number of benzene rings is 4. The molecule has 4 aromatic carbocycles. The van der Waals surface area contributed by atoms with Gasteiger partial charge in [0, 0.05) is 17.7 Å². The van der Waals surface area contributed by atoms with Crippen LogP contribution in [0.25, 0.3) is 21.9 Å². The van der Waals surface area contributed by atoms with E-state index < -0.39 is 0 Å². The predicted octanol–water partition coefficient (Wildman–Crippen LogP) is 0.483. The van der Waals surface area contributed by atoms with Crippen molar-refractivity contribution < 1.29 is 162 Å². The number of carbonyl (C=O) groups excluding carboxylic acids is 1. The molecule has 13 nitrogen and oxygen atoms in total. The molecule has 302 valence electrons. The zero-order chi connectivity index (χ0) is 40.2. The third-order valence-electron chi connectivity index (χ3n) is 8.35. The molecule has 3 N–H and O–H groups in total. The van der Waals surface area contributed by atoms with Crippen LogP contribution in [0.4, 0.5) is 23.0 Å². The number of aromatic hydroxyl groups is 1. The summed E-state index contributed by atoms with van der Waals surface area (Å²) in [6.07, 6.45) is 8.92. The van der Waals surface area contributed by atoms with E-state index in [1.807, 2.05) is 48.5 Å². The molecule has 4 aromatic heterocycles. The number of anilines is 4. The minimum atomic E-state index is -0.181. The standard InChI is InChI=1S/C21H19N3O2.C12H9N3O2.C9H11Br.CH2O3.HI.2K.H/c1-2-15-7-3-4-8-16(15)14-25-18-10-5-11-19-20(18)21(24-26-19)23-17-9-6-12-22-13-17;16-9-4-1-5-10-11(9)12(15-17-10)14-8-3-2-6-13-7-8;1-2-8-5-3-4-6-9(8)7-10;2-1-4-3;;;;/h3-13H,2,14H2,1H3,(H,23,24);1-7,16H,(H,14,15);3-6H,2,7H2,1H3;1,3H;1H;;;/q;;;;;2*+1;-1/p-2. The van der Waals surface area contributed by atoms with Crippen molar-refractivity contribution in [2.24, 2.45) is 0 Å². The fourth-order valence-corrected chi connectivity index (χ4v) is 6.15. The summed E-state index contributed by atoms with van der Waals surface area (Å²) < 4.78 is 16.7. The predicted molar refractivity (Wildman–Crippen MR) is 222 cm³/mol. The van der Waals surface area contributed by atoms with Crippen LogP contribution in [0.3, 0.4) is 0 Å². The number of fused-ring (bicyclic) bond motifs is 2. The van der Waals surface area contributed by atoms with Crippen LogP contribution < -0.4 is 147 Å². The largest absolute Gasteiger partial charge is 1.00 e. The molecule has 0 aliphatic carbocycles. The van der Waals surface area contributed by atoms with Gasteiger partial charge in [0.05, 0.1) is 23.8 Å². The van der Waals surface area contributed by atoms with Gasteiger partial charge in [0.25, 0.3) is 6.47 Å². The molecular formula is C43H41BrIK2N6O7-. The second kappa shape index (κ2) is 29.5.